The third kappa shape index (κ3) is 2.18. The highest BCUT2D eigenvalue weighted by Crippen LogP contribution is 2.33. The van der Waals surface area contributed by atoms with Crippen molar-refractivity contribution in [3.8, 4) is 11.1 Å². The Kier molecular flexibility index (Phi) is 3.32. The Labute approximate surface area is 108 Å². The van der Waals surface area contributed by atoms with Gasteiger partial charge in [0.05, 0.1) is 0 Å². The van der Waals surface area contributed by atoms with Crippen LogP contribution in [0, 0.1) is 10.5 Å². The summed E-state index contributed by atoms with van der Waals surface area (Å²) >= 11 is 8.57. The summed E-state index contributed by atoms with van der Waals surface area (Å²) in [5.41, 5.74) is 3.57. The standard InChI is InChI=1S/C13H10ClI/c1-9-5-4-7-11(14)13(9)10-6-2-3-8-12(10)15/h2-8H,1H3. The molecule has 0 nitrogen and oxygen atoms in total. The summed E-state index contributed by atoms with van der Waals surface area (Å²) in [7, 11) is 0. The molecule has 15 heavy (non-hydrogen) atoms. The SMILES string of the molecule is Cc1cccc(Cl)c1-c1ccccc1I. The van der Waals surface area contributed by atoms with Crippen LogP contribution in [0.5, 0.6) is 0 Å². The van der Waals surface area contributed by atoms with Gasteiger partial charge in [-0.25, -0.2) is 0 Å². The Hall–Kier alpha value is -0.540. The number of halogens is 2. The molecule has 2 heteroatoms. The highest BCUT2D eigenvalue weighted by molar-refractivity contribution is 14.1. The summed E-state index contributed by atoms with van der Waals surface area (Å²) in [5, 5.41) is 0.819. The van der Waals surface area contributed by atoms with Crippen molar-refractivity contribution < 1.29 is 0 Å². The molecule has 0 amide bonds. The van der Waals surface area contributed by atoms with Gasteiger partial charge in [0.1, 0.15) is 0 Å². The molecule has 0 heterocycles. The van der Waals surface area contributed by atoms with Crippen LogP contribution in [-0.2, 0) is 0 Å². The van der Waals surface area contributed by atoms with Crippen LogP contribution in [-0.4, -0.2) is 0 Å². The number of aryl methyl sites for hydroxylation is 1. The fraction of sp³-hybridized carbons (Fsp3) is 0.0769. The fourth-order valence-electron chi connectivity index (χ4n) is 1.64. The lowest BCUT2D eigenvalue weighted by Gasteiger charge is -2.09. The second-order valence-corrected chi connectivity index (χ2v) is 4.98. The van der Waals surface area contributed by atoms with Crippen LogP contribution in [0.2, 0.25) is 5.02 Å². The van der Waals surface area contributed by atoms with Crippen LogP contribution in [0.1, 0.15) is 5.56 Å². The third-order valence-corrected chi connectivity index (χ3v) is 3.62. The van der Waals surface area contributed by atoms with Crippen LogP contribution in [0.25, 0.3) is 11.1 Å². The molecule has 0 spiro atoms. The molecule has 0 bridgehead atoms. The number of benzene rings is 2. The van der Waals surface area contributed by atoms with Crippen molar-refractivity contribution in [1.82, 2.24) is 0 Å². The van der Waals surface area contributed by atoms with E-state index in [0.717, 1.165) is 10.6 Å². The fourth-order valence-corrected chi connectivity index (χ4v) is 2.62. The molecule has 0 aliphatic heterocycles. The summed E-state index contributed by atoms with van der Waals surface area (Å²) in [6.45, 7) is 2.09. The maximum Gasteiger partial charge on any atom is 0.0487 e. The molecule has 0 radical (unpaired) electrons. The van der Waals surface area contributed by atoms with E-state index in [9.17, 15) is 0 Å². The average molecular weight is 329 g/mol. The molecule has 0 N–H and O–H groups in total. The molecule has 0 atom stereocenters. The summed E-state index contributed by atoms with van der Waals surface area (Å²) < 4.78 is 1.23. The summed E-state index contributed by atoms with van der Waals surface area (Å²) in [4.78, 5) is 0. The summed E-state index contributed by atoms with van der Waals surface area (Å²) in [5.74, 6) is 0. The smallest absolute Gasteiger partial charge is 0.0487 e. The van der Waals surface area contributed by atoms with E-state index in [1.807, 2.05) is 24.3 Å². The zero-order valence-electron chi connectivity index (χ0n) is 8.30. The molecular weight excluding hydrogens is 318 g/mol. The van der Waals surface area contributed by atoms with E-state index in [-0.39, 0.29) is 0 Å². The van der Waals surface area contributed by atoms with Crippen LogP contribution >= 0.6 is 34.2 Å². The molecule has 2 rings (SSSR count). The lowest BCUT2D eigenvalue weighted by atomic mass is 10.0. The van der Waals surface area contributed by atoms with Crippen LogP contribution < -0.4 is 0 Å². The normalized spacial score (nSPS) is 10.3. The van der Waals surface area contributed by atoms with E-state index in [2.05, 4.69) is 47.7 Å². The van der Waals surface area contributed by atoms with E-state index in [4.69, 9.17) is 11.6 Å². The highest BCUT2D eigenvalue weighted by Gasteiger charge is 2.08. The Morgan fingerprint density at radius 1 is 1.00 bits per heavy atom. The average Bonchev–Trinajstić information content (AvgIpc) is 2.20. The summed E-state index contributed by atoms with van der Waals surface area (Å²) in [6.07, 6.45) is 0. The van der Waals surface area contributed by atoms with Crippen molar-refractivity contribution in [2.45, 2.75) is 6.92 Å². The van der Waals surface area contributed by atoms with E-state index in [1.165, 1.54) is 14.7 Å². The molecular formula is C13H10ClI. The van der Waals surface area contributed by atoms with Crippen molar-refractivity contribution in [3.63, 3.8) is 0 Å². The predicted octanol–water partition coefficient (Wildman–Crippen LogP) is 4.92. The maximum absolute atomic E-state index is 6.23. The van der Waals surface area contributed by atoms with Crippen molar-refractivity contribution in [1.29, 1.82) is 0 Å². The van der Waals surface area contributed by atoms with Gasteiger partial charge < -0.3 is 0 Å². The zero-order valence-corrected chi connectivity index (χ0v) is 11.2. The largest absolute Gasteiger partial charge is 0.0837 e. The monoisotopic (exact) mass is 328 g/mol. The van der Waals surface area contributed by atoms with Gasteiger partial charge in [0.25, 0.3) is 0 Å². The van der Waals surface area contributed by atoms with Gasteiger partial charge in [0.2, 0.25) is 0 Å². The highest BCUT2D eigenvalue weighted by atomic mass is 127. The van der Waals surface area contributed by atoms with Gasteiger partial charge in [0, 0.05) is 14.2 Å². The lowest BCUT2D eigenvalue weighted by Crippen LogP contribution is -1.87. The Bertz CT molecular complexity index is 471. The van der Waals surface area contributed by atoms with Crippen LogP contribution in [0.4, 0.5) is 0 Å². The van der Waals surface area contributed by atoms with Gasteiger partial charge in [-0.1, -0.05) is 41.9 Å². The number of hydrogen-bond donors (Lipinski definition) is 0. The minimum atomic E-state index is 0.819. The van der Waals surface area contributed by atoms with E-state index < -0.39 is 0 Å². The topological polar surface area (TPSA) is 0 Å². The second kappa shape index (κ2) is 4.54. The van der Waals surface area contributed by atoms with Gasteiger partial charge in [-0.15, -0.1) is 0 Å². The maximum atomic E-state index is 6.23. The molecule has 0 unspecified atom stereocenters. The molecule has 0 saturated carbocycles. The molecule has 0 fully saturated rings. The van der Waals surface area contributed by atoms with E-state index in [1.54, 1.807) is 0 Å². The molecule has 0 aliphatic carbocycles. The van der Waals surface area contributed by atoms with Crippen molar-refractivity contribution >= 4 is 34.2 Å². The summed E-state index contributed by atoms with van der Waals surface area (Å²) in [6, 6.07) is 14.3. The minimum absolute atomic E-state index is 0.819. The second-order valence-electron chi connectivity index (χ2n) is 3.41. The zero-order chi connectivity index (χ0) is 10.8. The van der Waals surface area contributed by atoms with Crippen molar-refractivity contribution in [3.05, 3.63) is 56.6 Å². The van der Waals surface area contributed by atoms with Crippen molar-refractivity contribution in [2.75, 3.05) is 0 Å². The Morgan fingerprint density at radius 3 is 2.40 bits per heavy atom. The quantitative estimate of drug-likeness (QED) is 0.652. The molecule has 0 saturated heterocycles. The number of hydrogen-bond acceptors (Lipinski definition) is 0. The number of rotatable bonds is 1. The van der Waals surface area contributed by atoms with E-state index >= 15 is 0 Å². The molecule has 2 aromatic carbocycles. The first-order valence-electron chi connectivity index (χ1n) is 4.70. The third-order valence-electron chi connectivity index (χ3n) is 2.37. The first kappa shape index (κ1) is 11.0. The lowest BCUT2D eigenvalue weighted by molar-refractivity contribution is 1.45. The van der Waals surface area contributed by atoms with Crippen LogP contribution in [0.3, 0.4) is 0 Å². The van der Waals surface area contributed by atoms with Gasteiger partial charge in [-0.2, -0.15) is 0 Å². The van der Waals surface area contributed by atoms with Gasteiger partial charge in [0.15, 0.2) is 0 Å². The Morgan fingerprint density at radius 2 is 1.73 bits per heavy atom. The molecule has 0 aromatic heterocycles. The Balaban J connectivity index is 2.69. The van der Waals surface area contributed by atoms with E-state index in [0.29, 0.717) is 0 Å². The van der Waals surface area contributed by atoms with Gasteiger partial charge in [-0.3, -0.25) is 0 Å². The minimum Gasteiger partial charge on any atom is -0.0837 e. The first-order valence-corrected chi connectivity index (χ1v) is 6.16. The van der Waals surface area contributed by atoms with Gasteiger partial charge >= 0.3 is 0 Å². The first-order chi connectivity index (χ1) is 7.20. The molecule has 0 aliphatic rings. The van der Waals surface area contributed by atoms with Crippen LogP contribution in [0.15, 0.2) is 42.5 Å². The molecule has 2 aromatic rings. The molecule has 76 valence electrons. The predicted molar refractivity (Wildman–Crippen MR) is 74.3 cm³/mol. The van der Waals surface area contributed by atoms with Gasteiger partial charge in [-0.05, 0) is 52.8 Å². The van der Waals surface area contributed by atoms with Crippen molar-refractivity contribution in [2.24, 2.45) is 0 Å².